The average molecular weight is 351 g/mol. The summed E-state index contributed by atoms with van der Waals surface area (Å²) in [5.74, 6) is 0. The van der Waals surface area contributed by atoms with Crippen molar-refractivity contribution < 1.29 is 8.42 Å². The van der Waals surface area contributed by atoms with E-state index in [0.717, 1.165) is 16.5 Å². The first-order valence-corrected chi connectivity index (χ1v) is 9.25. The molecule has 0 saturated carbocycles. The summed E-state index contributed by atoms with van der Waals surface area (Å²) in [6, 6.07) is 16.7. The molecule has 3 aromatic rings. The average Bonchev–Trinajstić information content (AvgIpc) is 2.61. The molecule has 0 unspecified atom stereocenters. The molecule has 1 heterocycles. The highest BCUT2D eigenvalue weighted by atomic mass is 32.2. The number of sulfonamides is 1. The lowest BCUT2D eigenvalue weighted by Crippen LogP contribution is -2.25. The van der Waals surface area contributed by atoms with Crippen molar-refractivity contribution in [2.45, 2.75) is 25.4 Å². The van der Waals surface area contributed by atoms with E-state index in [-0.39, 0.29) is 17.1 Å². The summed E-state index contributed by atoms with van der Waals surface area (Å²) in [4.78, 5) is 4.26. The third kappa shape index (κ3) is 3.38. The summed E-state index contributed by atoms with van der Waals surface area (Å²) < 4.78 is 28.0. The maximum Gasteiger partial charge on any atom is 0.259 e. The van der Waals surface area contributed by atoms with E-state index in [4.69, 9.17) is 0 Å². The van der Waals surface area contributed by atoms with Crippen LogP contribution in [0.3, 0.4) is 0 Å². The van der Waals surface area contributed by atoms with Gasteiger partial charge in [0, 0.05) is 11.9 Å². The number of nitrogens with one attached hydrogen (secondary N) is 1. The Morgan fingerprint density at radius 3 is 2.52 bits per heavy atom. The standard InChI is InChI=1S/C19H17N3O2S/c1-13-8-9-18-16(10-13)14(2)17(11-20)19(22-18)25(23,24)21-12-15-6-4-3-5-7-15/h3-10,21H,12H2,1-2H3. The molecular weight excluding hydrogens is 334 g/mol. The molecule has 3 rings (SSSR count). The minimum atomic E-state index is -3.91. The first-order chi connectivity index (χ1) is 11.9. The van der Waals surface area contributed by atoms with Crippen LogP contribution in [0.4, 0.5) is 0 Å². The maximum atomic E-state index is 12.7. The van der Waals surface area contributed by atoms with E-state index in [1.807, 2.05) is 55.5 Å². The lowest BCUT2D eigenvalue weighted by Gasteiger charge is -2.12. The second kappa shape index (κ2) is 6.63. The molecule has 2 aromatic carbocycles. The van der Waals surface area contributed by atoms with Crippen molar-refractivity contribution in [1.82, 2.24) is 9.71 Å². The normalized spacial score (nSPS) is 11.4. The molecule has 5 nitrogen and oxygen atoms in total. The van der Waals surface area contributed by atoms with E-state index in [0.29, 0.717) is 11.1 Å². The van der Waals surface area contributed by atoms with Gasteiger partial charge in [0.25, 0.3) is 10.0 Å². The van der Waals surface area contributed by atoms with Gasteiger partial charge < -0.3 is 0 Å². The number of pyridine rings is 1. The highest BCUT2D eigenvalue weighted by molar-refractivity contribution is 7.89. The van der Waals surface area contributed by atoms with Crippen molar-refractivity contribution in [3.05, 3.63) is 70.8 Å². The van der Waals surface area contributed by atoms with Crippen LogP contribution in [0.1, 0.15) is 22.3 Å². The minimum absolute atomic E-state index is 0.0821. The van der Waals surface area contributed by atoms with Gasteiger partial charge in [-0.05, 0) is 37.1 Å². The fraction of sp³-hybridized carbons (Fsp3) is 0.158. The predicted octanol–water partition coefficient (Wildman–Crippen LogP) is 3.20. The fourth-order valence-electron chi connectivity index (χ4n) is 2.68. The predicted molar refractivity (Wildman–Crippen MR) is 96.4 cm³/mol. The van der Waals surface area contributed by atoms with Crippen molar-refractivity contribution in [1.29, 1.82) is 5.26 Å². The van der Waals surface area contributed by atoms with Crippen molar-refractivity contribution in [2.75, 3.05) is 0 Å². The lowest BCUT2D eigenvalue weighted by atomic mass is 10.0. The Morgan fingerprint density at radius 1 is 1.12 bits per heavy atom. The monoisotopic (exact) mass is 351 g/mol. The molecule has 1 N–H and O–H groups in total. The second-order valence-corrected chi connectivity index (χ2v) is 7.54. The Balaban J connectivity index is 2.07. The smallest absolute Gasteiger partial charge is 0.234 e. The van der Waals surface area contributed by atoms with Gasteiger partial charge in [-0.25, -0.2) is 18.1 Å². The van der Waals surface area contributed by atoms with E-state index in [1.165, 1.54) is 0 Å². The molecule has 0 atom stereocenters. The highest BCUT2D eigenvalue weighted by Crippen LogP contribution is 2.26. The third-order valence-electron chi connectivity index (χ3n) is 4.04. The second-order valence-electron chi connectivity index (χ2n) is 5.86. The molecular formula is C19H17N3O2S. The van der Waals surface area contributed by atoms with Crippen LogP contribution in [0.5, 0.6) is 0 Å². The summed E-state index contributed by atoms with van der Waals surface area (Å²) in [7, 11) is -3.91. The summed E-state index contributed by atoms with van der Waals surface area (Å²) >= 11 is 0. The van der Waals surface area contributed by atoms with Crippen LogP contribution in [-0.4, -0.2) is 13.4 Å². The molecule has 0 radical (unpaired) electrons. The first kappa shape index (κ1) is 17.1. The molecule has 0 bridgehead atoms. The molecule has 6 heteroatoms. The van der Waals surface area contributed by atoms with Gasteiger partial charge in [0.1, 0.15) is 6.07 Å². The Labute approximate surface area is 147 Å². The van der Waals surface area contributed by atoms with Crippen LogP contribution in [0.25, 0.3) is 10.9 Å². The molecule has 0 aliphatic rings. The molecule has 0 aliphatic heterocycles. The number of fused-ring (bicyclic) bond motifs is 1. The zero-order valence-electron chi connectivity index (χ0n) is 13.9. The lowest BCUT2D eigenvalue weighted by molar-refractivity contribution is 0.577. The van der Waals surface area contributed by atoms with Crippen molar-refractivity contribution in [3.8, 4) is 6.07 Å². The largest absolute Gasteiger partial charge is 0.259 e. The molecule has 25 heavy (non-hydrogen) atoms. The van der Waals surface area contributed by atoms with Crippen molar-refractivity contribution in [3.63, 3.8) is 0 Å². The summed E-state index contributed by atoms with van der Waals surface area (Å²) in [6.45, 7) is 3.83. The third-order valence-corrected chi connectivity index (χ3v) is 5.37. The molecule has 0 fully saturated rings. The van der Waals surface area contributed by atoms with Gasteiger partial charge in [0.2, 0.25) is 0 Å². The zero-order valence-corrected chi connectivity index (χ0v) is 14.8. The van der Waals surface area contributed by atoms with Crippen LogP contribution >= 0.6 is 0 Å². The molecule has 0 amide bonds. The minimum Gasteiger partial charge on any atom is -0.234 e. The van der Waals surface area contributed by atoms with Crippen molar-refractivity contribution >= 4 is 20.9 Å². The zero-order chi connectivity index (χ0) is 18.0. The SMILES string of the molecule is Cc1ccc2nc(S(=O)(=O)NCc3ccccc3)c(C#N)c(C)c2c1. The van der Waals surface area contributed by atoms with Gasteiger partial charge in [-0.15, -0.1) is 0 Å². The molecule has 126 valence electrons. The summed E-state index contributed by atoms with van der Waals surface area (Å²) in [5.41, 5.74) is 3.12. The number of aromatic nitrogens is 1. The fourth-order valence-corrected chi connectivity index (χ4v) is 3.86. The number of nitriles is 1. The van der Waals surface area contributed by atoms with E-state index in [2.05, 4.69) is 9.71 Å². The number of rotatable bonds is 4. The number of hydrogen-bond donors (Lipinski definition) is 1. The summed E-state index contributed by atoms with van der Waals surface area (Å²) in [5, 5.41) is 10.1. The van der Waals surface area contributed by atoms with Crippen LogP contribution < -0.4 is 4.72 Å². The van der Waals surface area contributed by atoms with Gasteiger partial charge in [0.15, 0.2) is 5.03 Å². The Bertz CT molecular complexity index is 1090. The number of hydrogen-bond acceptors (Lipinski definition) is 4. The molecule has 0 spiro atoms. The number of benzene rings is 2. The van der Waals surface area contributed by atoms with Gasteiger partial charge >= 0.3 is 0 Å². The van der Waals surface area contributed by atoms with Gasteiger partial charge in [-0.1, -0.05) is 42.0 Å². The Morgan fingerprint density at radius 2 is 1.84 bits per heavy atom. The van der Waals surface area contributed by atoms with E-state index in [1.54, 1.807) is 13.0 Å². The highest BCUT2D eigenvalue weighted by Gasteiger charge is 2.23. The van der Waals surface area contributed by atoms with Gasteiger partial charge in [-0.3, -0.25) is 0 Å². The van der Waals surface area contributed by atoms with Crippen LogP contribution in [0, 0.1) is 25.2 Å². The maximum absolute atomic E-state index is 12.7. The quantitative estimate of drug-likeness (QED) is 0.782. The molecule has 1 aromatic heterocycles. The number of nitrogens with zero attached hydrogens (tertiary/aromatic N) is 2. The van der Waals surface area contributed by atoms with E-state index < -0.39 is 10.0 Å². The van der Waals surface area contributed by atoms with Gasteiger partial charge in [-0.2, -0.15) is 5.26 Å². The first-order valence-electron chi connectivity index (χ1n) is 7.77. The summed E-state index contributed by atoms with van der Waals surface area (Å²) in [6.07, 6.45) is 0. The number of aryl methyl sites for hydroxylation is 2. The van der Waals surface area contributed by atoms with Crippen molar-refractivity contribution in [2.24, 2.45) is 0 Å². The Hall–Kier alpha value is -2.75. The van der Waals surface area contributed by atoms with Crippen LogP contribution in [-0.2, 0) is 16.6 Å². The topological polar surface area (TPSA) is 82.8 Å². The van der Waals surface area contributed by atoms with Crippen LogP contribution in [0.15, 0.2) is 53.6 Å². The van der Waals surface area contributed by atoms with E-state index in [9.17, 15) is 13.7 Å². The molecule has 0 aliphatic carbocycles. The van der Waals surface area contributed by atoms with Gasteiger partial charge in [0.05, 0.1) is 11.1 Å². The Kier molecular flexibility index (Phi) is 4.53. The van der Waals surface area contributed by atoms with Crippen LogP contribution in [0.2, 0.25) is 0 Å². The van der Waals surface area contributed by atoms with E-state index >= 15 is 0 Å². The molecule has 0 saturated heterocycles.